The van der Waals surface area contributed by atoms with Crippen LogP contribution in [0.25, 0.3) is 0 Å². The van der Waals surface area contributed by atoms with Crippen LogP contribution in [0.15, 0.2) is 48.8 Å². The van der Waals surface area contributed by atoms with Crippen molar-refractivity contribution in [2.75, 3.05) is 6.54 Å². The molecule has 118 valence electrons. The maximum atomic E-state index is 12.4. The third-order valence-corrected chi connectivity index (χ3v) is 4.97. The van der Waals surface area contributed by atoms with E-state index in [1.807, 2.05) is 12.1 Å². The van der Waals surface area contributed by atoms with Crippen LogP contribution in [0.2, 0.25) is 0 Å². The van der Waals surface area contributed by atoms with Crippen molar-refractivity contribution in [1.82, 2.24) is 15.2 Å². The fraction of sp³-hybridized carbons (Fsp3) is 0.368. The molecule has 1 atom stereocenters. The summed E-state index contributed by atoms with van der Waals surface area (Å²) in [5.74, 6) is 0.287. The van der Waals surface area contributed by atoms with E-state index in [-0.39, 0.29) is 11.9 Å². The third kappa shape index (κ3) is 2.99. The van der Waals surface area contributed by atoms with Crippen molar-refractivity contribution in [3.63, 3.8) is 0 Å². The van der Waals surface area contributed by atoms with Crippen molar-refractivity contribution in [2.45, 2.75) is 37.9 Å². The van der Waals surface area contributed by atoms with Crippen LogP contribution in [0.5, 0.6) is 0 Å². The van der Waals surface area contributed by atoms with E-state index < -0.39 is 0 Å². The Morgan fingerprint density at radius 1 is 1.04 bits per heavy atom. The summed E-state index contributed by atoms with van der Waals surface area (Å²) in [5, 5.41) is 3.51. The number of fused-ring (bicyclic) bond motifs is 1. The van der Waals surface area contributed by atoms with Gasteiger partial charge in [0.15, 0.2) is 0 Å². The number of nitrogens with zero attached hydrogens (tertiary/aromatic N) is 2. The van der Waals surface area contributed by atoms with Gasteiger partial charge in [-0.3, -0.25) is 9.78 Å². The molecule has 1 aliphatic carbocycles. The van der Waals surface area contributed by atoms with Crippen molar-refractivity contribution >= 4 is 5.91 Å². The first-order chi connectivity index (χ1) is 11.3. The predicted octanol–water partition coefficient (Wildman–Crippen LogP) is 1.94. The molecule has 1 saturated heterocycles. The Hall–Kier alpha value is -2.20. The Morgan fingerprint density at radius 3 is 2.43 bits per heavy atom. The summed E-state index contributed by atoms with van der Waals surface area (Å²) in [6, 6.07) is 13.2. The second-order valence-electron chi connectivity index (χ2n) is 6.51. The number of amides is 1. The van der Waals surface area contributed by atoms with Crippen LogP contribution in [0, 0.1) is 0 Å². The Balaban J connectivity index is 1.36. The predicted molar refractivity (Wildman–Crippen MR) is 88.8 cm³/mol. The van der Waals surface area contributed by atoms with Crippen molar-refractivity contribution in [3.8, 4) is 0 Å². The molecule has 1 fully saturated rings. The van der Waals surface area contributed by atoms with E-state index in [1.54, 1.807) is 12.4 Å². The normalized spacial score (nSPS) is 21.0. The highest BCUT2D eigenvalue weighted by atomic mass is 16.2. The number of hydrogen-bond donors (Lipinski definition) is 1. The Morgan fingerprint density at radius 2 is 1.74 bits per heavy atom. The number of benzene rings is 1. The molecule has 0 saturated carbocycles. The van der Waals surface area contributed by atoms with Crippen LogP contribution in [0.3, 0.4) is 0 Å². The summed E-state index contributed by atoms with van der Waals surface area (Å²) < 4.78 is 0. The SMILES string of the molecule is O=C1CC(NCc2ccncc2)CN1C1Cc2ccccc2C1. The van der Waals surface area contributed by atoms with Gasteiger partial charge in [-0.15, -0.1) is 0 Å². The zero-order chi connectivity index (χ0) is 15.6. The van der Waals surface area contributed by atoms with Gasteiger partial charge in [0.25, 0.3) is 0 Å². The van der Waals surface area contributed by atoms with Crippen LogP contribution < -0.4 is 5.32 Å². The van der Waals surface area contributed by atoms with E-state index in [4.69, 9.17) is 0 Å². The lowest BCUT2D eigenvalue weighted by molar-refractivity contribution is -0.129. The summed E-state index contributed by atoms with van der Waals surface area (Å²) in [5.41, 5.74) is 4.01. The maximum absolute atomic E-state index is 12.4. The highest BCUT2D eigenvalue weighted by Gasteiger charge is 2.36. The lowest BCUT2D eigenvalue weighted by atomic mass is 10.1. The van der Waals surface area contributed by atoms with Crippen molar-refractivity contribution in [1.29, 1.82) is 0 Å². The van der Waals surface area contributed by atoms with Crippen LogP contribution in [-0.4, -0.2) is 34.4 Å². The van der Waals surface area contributed by atoms with Gasteiger partial charge in [-0.25, -0.2) is 0 Å². The standard InChI is InChI=1S/C19H21N3O/c23-19-11-17(21-12-14-5-7-20-8-6-14)13-22(19)18-9-15-3-1-2-4-16(15)10-18/h1-8,17-18,21H,9-13H2. The number of hydrogen-bond acceptors (Lipinski definition) is 3. The van der Waals surface area contributed by atoms with Crippen molar-refractivity contribution in [3.05, 3.63) is 65.5 Å². The van der Waals surface area contributed by atoms with Crippen LogP contribution in [-0.2, 0) is 24.2 Å². The van der Waals surface area contributed by atoms with Gasteiger partial charge >= 0.3 is 0 Å². The summed E-state index contributed by atoms with van der Waals surface area (Å²) in [4.78, 5) is 18.5. The number of pyridine rings is 1. The summed E-state index contributed by atoms with van der Waals surface area (Å²) in [6.45, 7) is 1.61. The van der Waals surface area contributed by atoms with Crippen LogP contribution in [0.1, 0.15) is 23.1 Å². The topological polar surface area (TPSA) is 45.2 Å². The summed E-state index contributed by atoms with van der Waals surface area (Å²) in [6.07, 6.45) is 6.22. The minimum Gasteiger partial charge on any atom is -0.337 e. The molecule has 1 aromatic carbocycles. The van der Waals surface area contributed by atoms with Gasteiger partial charge in [0.1, 0.15) is 0 Å². The lowest BCUT2D eigenvalue weighted by Gasteiger charge is -2.24. The Labute approximate surface area is 136 Å². The number of likely N-dealkylation sites (tertiary alicyclic amines) is 1. The fourth-order valence-electron chi connectivity index (χ4n) is 3.74. The quantitative estimate of drug-likeness (QED) is 0.939. The molecular formula is C19H21N3O. The number of aromatic nitrogens is 1. The highest BCUT2D eigenvalue weighted by Crippen LogP contribution is 2.28. The number of carbonyl (C=O) groups is 1. The smallest absolute Gasteiger partial charge is 0.224 e. The van der Waals surface area contributed by atoms with E-state index in [0.29, 0.717) is 12.5 Å². The van der Waals surface area contributed by atoms with E-state index >= 15 is 0 Å². The molecular weight excluding hydrogens is 286 g/mol. The molecule has 2 aliphatic rings. The number of carbonyl (C=O) groups excluding carboxylic acids is 1. The zero-order valence-corrected chi connectivity index (χ0v) is 13.1. The molecule has 4 heteroatoms. The third-order valence-electron chi connectivity index (χ3n) is 4.97. The van der Waals surface area contributed by atoms with Gasteiger partial charge in [0, 0.05) is 44.0 Å². The van der Waals surface area contributed by atoms with Gasteiger partial charge in [-0.2, -0.15) is 0 Å². The molecule has 2 aromatic rings. The van der Waals surface area contributed by atoms with Gasteiger partial charge in [0.05, 0.1) is 0 Å². The number of rotatable bonds is 4. The van der Waals surface area contributed by atoms with E-state index in [0.717, 1.165) is 25.9 Å². The first-order valence-electron chi connectivity index (χ1n) is 8.28. The number of nitrogens with one attached hydrogen (secondary N) is 1. The largest absolute Gasteiger partial charge is 0.337 e. The van der Waals surface area contributed by atoms with Gasteiger partial charge < -0.3 is 10.2 Å². The minimum atomic E-state index is 0.249. The lowest BCUT2D eigenvalue weighted by Crippen LogP contribution is -2.39. The summed E-state index contributed by atoms with van der Waals surface area (Å²) >= 11 is 0. The second kappa shape index (κ2) is 6.13. The second-order valence-corrected chi connectivity index (χ2v) is 6.51. The molecule has 0 spiro atoms. The van der Waals surface area contributed by atoms with Gasteiger partial charge in [-0.1, -0.05) is 24.3 Å². The molecule has 1 unspecified atom stereocenters. The Bertz CT molecular complexity index is 676. The van der Waals surface area contributed by atoms with Gasteiger partial charge in [-0.05, 0) is 41.7 Å². The molecule has 1 aliphatic heterocycles. The highest BCUT2D eigenvalue weighted by molar-refractivity contribution is 5.79. The first kappa shape index (κ1) is 14.4. The zero-order valence-electron chi connectivity index (χ0n) is 13.1. The van der Waals surface area contributed by atoms with E-state index in [2.05, 4.69) is 39.5 Å². The molecule has 23 heavy (non-hydrogen) atoms. The van der Waals surface area contributed by atoms with Crippen molar-refractivity contribution < 1.29 is 4.79 Å². The molecule has 4 nitrogen and oxygen atoms in total. The molecule has 4 rings (SSSR count). The monoisotopic (exact) mass is 307 g/mol. The maximum Gasteiger partial charge on any atom is 0.224 e. The fourth-order valence-corrected chi connectivity index (χ4v) is 3.74. The summed E-state index contributed by atoms with van der Waals surface area (Å²) in [7, 11) is 0. The molecule has 1 N–H and O–H groups in total. The van der Waals surface area contributed by atoms with E-state index in [1.165, 1.54) is 16.7 Å². The van der Waals surface area contributed by atoms with Crippen LogP contribution >= 0.6 is 0 Å². The molecule has 0 bridgehead atoms. The van der Waals surface area contributed by atoms with Crippen LogP contribution in [0.4, 0.5) is 0 Å². The average Bonchev–Trinajstić information content (AvgIpc) is 3.17. The molecule has 1 aromatic heterocycles. The molecule has 2 heterocycles. The minimum absolute atomic E-state index is 0.249. The van der Waals surface area contributed by atoms with E-state index in [9.17, 15) is 4.79 Å². The van der Waals surface area contributed by atoms with Gasteiger partial charge in [0.2, 0.25) is 5.91 Å². The molecule has 1 amide bonds. The van der Waals surface area contributed by atoms with Crippen molar-refractivity contribution in [2.24, 2.45) is 0 Å². The average molecular weight is 307 g/mol. The first-order valence-corrected chi connectivity index (χ1v) is 8.28. The Kier molecular flexibility index (Phi) is 3.83. The molecule has 0 radical (unpaired) electrons.